The van der Waals surface area contributed by atoms with Crippen molar-refractivity contribution in [1.29, 1.82) is 0 Å². The van der Waals surface area contributed by atoms with E-state index in [-0.39, 0.29) is 0 Å². The Kier molecular flexibility index (Phi) is 2.69. The molecule has 7 heteroatoms. The van der Waals surface area contributed by atoms with Crippen LogP contribution in [0.15, 0.2) is 17.5 Å². The van der Waals surface area contributed by atoms with Gasteiger partial charge in [-0.2, -0.15) is 5.10 Å². The Labute approximate surface area is 106 Å². The fourth-order valence-corrected chi connectivity index (χ4v) is 2.85. The van der Waals surface area contributed by atoms with Crippen molar-refractivity contribution in [1.82, 2.24) is 24.8 Å². The molecule has 0 aliphatic heterocycles. The molecule has 3 rings (SSSR count). The van der Waals surface area contributed by atoms with E-state index >= 15 is 0 Å². The van der Waals surface area contributed by atoms with Crippen LogP contribution >= 0.6 is 22.9 Å². The maximum Gasteiger partial charge on any atom is 0.191 e. The van der Waals surface area contributed by atoms with Crippen molar-refractivity contribution in [3.63, 3.8) is 0 Å². The number of hydrogen-bond acceptors (Lipinski definition) is 6. The molecule has 0 unspecified atom stereocenters. The fraction of sp³-hybridized carbons (Fsp3) is 0.200. The zero-order chi connectivity index (χ0) is 11.7. The summed E-state index contributed by atoms with van der Waals surface area (Å²) in [4.78, 5) is 6.51. The number of H-pyrrole nitrogens is 1. The summed E-state index contributed by atoms with van der Waals surface area (Å²) in [6.07, 6.45) is 0.848. The lowest BCUT2D eigenvalue weighted by molar-refractivity contribution is 0.987. The van der Waals surface area contributed by atoms with Crippen molar-refractivity contribution in [2.45, 2.75) is 13.3 Å². The van der Waals surface area contributed by atoms with Gasteiger partial charge in [0.1, 0.15) is 4.88 Å². The zero-order valence-electron chi connectivity index (χ0n) is 9.04. The van der Waals surface area contributed by atoms with Gasteiger partial charge in [-0.15, -0.1) is 16.4 Å². The lowest BCUT2D eigenvalue weighted by atomic mass is 10.3. The van der Waals surface area contributed by atoms with Gasteiger partial charge in [0.2, 0.25) is 0 Å². The molecule has 0 atom stereocenters. The van der Waals surface area contributed by atoms with Gasteiger partial charge in [0.25, 0.3) is 0 Å². The molecule has 3 aromatic rings. The van der Waals surface area contributed by atoms with Crippen molar-refractivity contribution >= 4 is 22.9 Å². The van der Waals surface area contributed by atoms with E-state index in [2.05, 4.69) is 31.7 Å². The first kappa shape index (κ1) is 10.5. The standard InChI is InChI=1S/C10H9N5S2/c1-2-6-8(17-15-12-6)10-11-9(13-14-10)7-4-3-5-16-7/h3-5H,2H2,1H3,(H,11,13,14). The minimum absolute atomic E-state index is 0.727. The van der Waals surface area contributed by atoms with E-state index < -0.39 is 0 Å². The van der Waals surface area contributed by atoms with E-state index in [1.807, 2.05) is 17.5 Å². The first-order valence-electron chi connectivity index (χ1n) is 5.16. The van der Waals surface area contributed by atoms with Gasteiger partial charge in [-0.3, -0.25) is 5.10 Å². The Morgan fingerprint density at radius 2 is 2.35 bits per heavy atom. The van der Waals surface area contributed by atoms with Crippen LogP contribution in [0.1, 0.15) is 12.6 Å². The van der Waals surface area contributed by atoms with E-state index in [1.165, 1.54) is 11.5 Å². The van der Waals surface area contributed by atoms with Crippen LogP contribution in [0.3, 0.4) is 0 Å². The molecule has 0 bridgehead atoms. The van der Waals surface area contributed by atoms with Crippen LogP contribution in [-0.2, 0) is 6.42 Å². The second kappa shape index (κ2) is 4.34. The highest BCUT2D eigenvalue weighted by Gasteiger charge is 2.14. The average molecular weight is 263 g/mol. The van der Waals surface area contributed by atoms with Gasteiger partial charge >= 0.3 is 0 Å². The molecule has 0 aromatic carbocycles. The van der Waals surface area contributed by atoms with Crippen LogP contribution in [0.2, 0.25) is 0 Å². The maximum atomic E-state index is 4.48. The third-order valence-electron chi connectivity index (χ3n) is 2.33. The van der Waals surface area contributed by atoms with Crippen LogP contribution < -0.4 is 0 Å². The number of aromatic nitrogens is 5. The van der Waals surface area contributed by atoms with E-state index in [1.54, 1.807) is 11.3 Å². The van der Waals surface area contributed by atoms with Gasteiger partial charge in [-0.05, 0) is 29.4 Å². The number of aromatic amines is 1. The summed E-state index contributed by atoms with van der Waals surface area (Å²) in [6, 6.07) is 3.99. The normalized spacial score (nSPS) is 10.9. The Bertz CT molecular complexity index is 610. The lowest BCUT2D eigenvalue weighted by Gasteiger charge is -1.91. The molecule has 0 saturated heterocycles. The van der Waals surface area contributed by atoms with E-state index in [4.69, 9.17) is 0 Å². The second-order valence-electron chi connectivity index (χ2n) is 3.39. The van der Waals surface area contributed by atoms with Crippen LogP contribution in [0.4, 0.5) is 0 Å². The maximum absolute atomic E-state index is 4.48. The average Bonchev–Trinajstić information content (AvgIpc) is 3.09. The Morgan fingerprint density at radius 3 is 3.12 bits per heavy atom. The third kappa shape index (κ3) is 1.87. The molecule has 0 aliphatic carbocycles. The Balaban J connectivity index is 2.01. The minimum atomic E-state index is 0.727. The van der Waals surface area contributed by atoms with Gasteiger partial charge < -0.3 is 0 Å². The largest absolute Gasteiger partial charge is 0.258 e. The molecule has 17 heavy (non-hydrogen) atoms. The monoisotopic (exact) mass is 263 g/mol. The number of aryl methyl sites for hydroxylation is 1. The highest BCUT2D eigenvalue weighted by molar-refractivity contribution is 7.13. The molecule has 3 heterocycles. The van der Waals surface area contributed by atoms with Gasteiger partial charge in [0.05, 0.1) is 10.6 Å². The minimum Gasteiger partial charge on any atom is -0.258 e. The number of hydrogen-bond donors (Lipinski definition) is 1. The summed E-state index contributed by atoms with van der Waals surface area (Å²) < 4.78 is 3.95. The Hall–Kier alpha value is -1.60. The molecular formula is C10H9N5S2. The van der Waals surface area contributed by atoms with Crippen LogP contribution in [0.25, 0.3) is 21.4 Å². The predicted molar refractivity (Wildman–Crippen MR) is 68.0 cm³/mol. The number of nitrogens with zero attached hydrogens (tertiary/aromatic N) is 4. The topological polar surface area (TPSA) is 67.3 Å². The summed E-state index contributed by atoms with van der Waals surface area (Å²) in [5.41, 5.74) is 0.962. The van der Waals surface area contributed by atoms with Crippen molar-refractivity contribution in [2.75, 3.05) is 0 Å². The molecule has 0 amide bonds. The van der Waals surface area contributed by atoms with Gasteiger partial charge in [0, 0.05) is 0 Å². The van der Waals surface area contributed by atoms with Crippen LogP contribution in [-0.4, -0.2) is 24.8 Å². The summed E-state index contributed by atoms with van der Waals surface area (Å²) >= 11 is 2.97. The van der Waals surface area contributed by atoms with Crippen molar-refractivity contribution in [3.05, 3.63) is 23.2 Å². The zero-order valence-corrected chi connectivity index (χ0v) is 10.7. The van der Waals surface area contributed by atoms with Gasteiger partial charge in [0.15, 0.2) is 11.6 Å². The van der Waals surface area contributed by atoms with Crippen molar-refractivity contribution in [2.24, 2.45) is 0 Å². The molecule has 3 aromatic heterocycles. The van der Waals surface area contributed by atoms with Crippen molar-refractivity contribution < 1.29 is 0 Å². The fourth-order valence-electron chi connectivity index (χ4n) is 1.50. The number of rotatable bonds is 3. The SMILES string of the molecule is CCc1nnsc1-c1nc(-c2cccs2)n[nH]1. The lowest BCUT2D eigenvalue weighted by Crippen LogP contribution is -1.85. The molecule has 1 N–H and O–H groups in total. The molecule has 0 aliphatic rings. The summed E-state index contributed by atoms with van der Waals surface area (Å²) in [6.45, 7) is 2.05. The van der Waals surface area contributed by atoms with E-state index in [0.717, 1.165) is 33.5 Å². The molecule has 86 valence electrons. The van der Waals surface area contributed by atoms with E-state index in [0.29, 0.717) is 0 Å². The summed E-state index contributed by atoms with van der Waals surface area (Å²) in [7, 11) is 0. The Morgan fingerprint density at radius 1 is 1.41 bits per heavy atom. The number of thiophene rings is 1. The summed E-state index contributed by atoms with van der Waals surface area (Å²) in [5.74, 6) is 1.48. The summed E-state index contributed by atoms with van der Waals surface area (Å²) in [5, 5.41) is 13.2. The molecule has 0 radical (unpaired) electrons. The van der Waals surface area contributed by atoms with E-state index in [9.17, 15) is 0 Å². The molecule has 0 spiro atoms. The smallest absolute Gasteiger partial charge is 0.191 e. The quantitative estimate of drug-likeness (QED) is 0.788. The highest BCUT2D eigenvalue weighted by Crippen LogP contribution is 2.26. The molecule has 0 saturated carbocycles. The highest BCUT2D eigenvalue weighted by atomic mass is 32.1. The molecule has 5 nitrogen and oxygen atoms in total. The predicted octanol–water partition coefficient (Wildman–Crippen LogP) is 2.61. The third-order valence-corrected chi connectivity index (χ3v) is 3.97. The molecule has 0 fully saturated rings. The second-order valence-corrected chi connectivity index (χ2v) is 5.09. The van der Waals surface area contributed by atoms with Crippen molar-refractivity contribution in [3.8, 4) is 21.4 Å². The van der Waals surface area contributed by atoms with Crippen LogP contribution in [0.5, 0.6) is 0 Å². The number of nitrogens with one attached hydrogen (secondary N) is 1. The first-order valence-corrected chi connectivity index (χ1v) is 6.81. The van der Waals surface area contributed by atoms with Gasteiger partial charge in [-0.25, -0.2) is 4.98 Å². The first-order chi connectivity index (χ1) is 8.38. The van der Waals surface area contributed by atoms with Crippen LogP contribution in [0, 0.1) is 0 Å². The van der Waals surface area contributed by atoms with Gasteiger partial charge in [-0.1, -0.05) is 17.5 Å². The molecular weight excluding hydrogens is 254 g/mol.